The van der Waals surface area contributed by atoms with Crippen LogP contribution in [-0.2, 0) is 14.4 Å². The normalized spacial score (nSPS) is 29.1. The number of rotatable bonds is 4. The molecule has 2 rings (SSSR count). The number of carbonyl (C=O) groups is 1. The van der Waals surface area contributed by atoms with Gasteiger partial charge in [0.1, 0.15) is 0 Å². The van der Waals surface area contributed by atoms with E-state index in [1.165, 1.54) is 25.0 Å². The Labute approximate surface area is 103 Å². The Balaban J connectivity index is 1.73. The molecule has 98 valence electrons. The summed E-state index contributed by atoms with van der Waals surface area (Å²) < 4.78 is 5.49. The quantitative estimate of drug-likeness (QED) is 0.674. The largest absolute Gasteiger partial charge is 0.381 e. The third-order valence-corrected chi connectivity index (χ3v) is 3.97. The summed E-state index contributed by atoms with van der Waals surface area (Å²) in [5.74, 6) is 0.0381. The molecule has 2 heterocycles. The van der Waals surface area contributed by atoms with Crippen LogP contribution in [0.25, 0.3) is 0 Å². The van der Waals surface area contributed by atoms with Gasteiger partial charge < -0.3 is 9.64 Å². The van der Waals surface area contributed by atoms with E-state index in [-0.39, 0.29) is 5.91 Å². The van der Waals surface area contributed by atoms with Gasteiger partial charge in [0.25, 0.3) is 0 Å². The van der Waals surface area contributed by atoms with Crippen molar-refractivity contribution in [3.8, 4) is 0 Å². The van der Waals surface area contributed by atoms with Gasteiger partial charge in [-0.15, -0.1) is 0 Å². The second kappa shape index (κ2) is 5.33. The van der Waals surface area contributed by atoms with Crippen molar-refractivity contribution in [1.82, 2.24) is 9.96 Å². The molecule has 0 N–H and O–H groups in total. The minimum absolute atomic E-state index is 0.0381. The SMILES string of the molecule is CON(C)C(=O)CCN1CC[C@@]2(CCOC2)C1. The summed E-state index contributed by atoms with van der Waals surface area (Å²) in [6, 6.07) is 0. The van der Waals surface area contributed by atoms with E-state index in [0.717, 1.165) is 32.8 Å². The third-order valence-electron chi connectivity index (χ3n) is 3.97. The first-order chi connectivity index (χ1) is 8.15. The van der Waals surface area contributed by atoms with Crippen LogP contribution in [-0.4, -0.2) is 62.9 Å². The minimum Gasteiger partial charge on any atom is -0.381 e. The zero-order valence-electron chi connectivity index (χ0n) is 10.8. The highest BCUT2D eigenvalue weighted by atomic mass is 16.7. The van der Waals surface area contributed by atoms with Crippen molar-refractivity contribution in [3.63, 3.8) is 0 Å². The maximum absolute atomic E-state index is 11.6. The van der Waals surface area contributed by atoms with Gasteiger partial charge in [0.2, 0.25) is 5.91 Å². The summed E-state index contributed by atoms with van der Waals surface area (Å²) in [6.45, 7) is 4.80. The molecule has 2 saturated heterocycles. The van der Waals surface area contributed by atoms with Crippen LogP contribution in [0.1, 0.15) is 19.3 Å². The molecular formula is C12H22N2O3. The standard InChI is InChI=1S/C12H22N2O3/c1-13(16-2)11(15)3-6-14-7-4-12(9-14)5-8-17-10-12/h3-10H2,1-2H3/t12-/m1/s1. The van der Waals surface area contributed by atoms with Crippen molar-refractivity contribution in [1.29, 1.82) is 0 Å². The molecule has 0 aliphatic carbocycles. The van der Waals surface area contributed by atoms with Crippen molar-refractivity contribution in [3.05, 3.63) is 0 Å². The Morgan fingerprint density at radius 2 is 2.35 bits per heavy atom. The molecule has 5 nitrogen and oxygen atoms in total. The zero-order chi connectivity index (χ0) is 12.3. The van der Waals surface area contributed by atoms with Gasteiger partial charge in [-0.3, -0.25) is 9.63 Å². The fourth-order valence-electron chi connectivity index (χ4n) is 2.70. The van der Waals surface area contributed by atoms with Crippen LogP contribution in [0.4, 0.5) is 0 Å². The molecule has 0 radical (unpaired) electrons. The molecule has 0 aromatic rings. The Kier molecular flexibility index (Phi) is 4.01. The Hall–Kier alpha value is -0.650. The lowest BCUT2D eigenvalue weighted by atomic mass is 9.87. The predicted molar refractivity (Wildman–Crippen MR) is 63.3 cm³/mol. The Morgan fingerprint density at radius 3 is 3.00 bits per heavy atom. The van der Waals surface area contributed by atoms with Gasteiger partial charge in [0.05, 0.1) is 13.7 Å². The number of likely N-dealkylation sites (tertiary alicyclic amines) is 1. The number of nitrogens with zero attached hydrogens (tertiary/aromatic N) is 2. The number of hydrogen-bond acceptors (Lipinski definition) is 4. The molecule has 0 aromatic carbocycles. The molecule has 2 fully saturated rings. The lowest BCUT2D eigenvalue weighted by Gasteiger charge is -2.22. The average molecular weight is 242 g/mol. The smallest absolute Gasteiger partial charge is 0.247 e. The first-order valence-electron chi connectivity index (χ1n) is 6.26. The molecule has 5 heteroatoms. The van der Waals surface area contributed by atoms with Crippen LogP contribution in [0.3, 0.4) is 0 Å². The van der Waals surface area contributed by atoms with Gasteiger partial charge in [0, 0.05) is 38.6 Å². The first-order valence-corrected chi connectivity index (χ1v) is 6.26. The van der Waals surface area contributed by atoms with Crippen LogP contribution in [0.5, 0.6) is 0 Å². The fraction of sp³-hybridized carbons (Fsp3) is 0.917. The van der Waals surface area contributed by atoms with E-state index < -0.39 is 0 Å². The van der Waals surface area contributed by atoms with Crippen molar-refractivity contribution in [2.24, 2.45) is 5.41 Å². The summed E-state index contributed by atoms with van der Waals surface area (Å²) >= 11 is 0. The maximum Gasteiger partial charge on any atom is 0.247 e. The van der Waals surface area contributed by atoms with Gasteiger partial charge in [-0.1, -0.05) is 0 Å². The van der Waals surface area contributed by atoms with Crippen LogP contribution in [0.15, 0.2) is 0 Å². The lowest BCUT2D eigenvalue weighted by Crippen LogP contribution is -2.32. The van der Waals surface area contributed by atoms with E-state index in [0.29, 0.717) is 11.8 Å². The highest BCUT2D eigenvalue weighted by molar-refractivity contribution is 5.74. The molecule has 0 aromatic heterocycles. The highest BCUT2D eigenvalue weighted by Crippen LogP contribution is 2.37. The van der Waals surface area contributed by atoms with Gasteiger partial charge >= 0.3 is 0 Å². The van der Waals surface area contributed by atoms with Crippen LogP contribution >= 0.6 is 0 Å². The molecule has 17 heavy (non-hydrogen) atoms. The summed E-state index contributed by atoms with van der Waals surface area (Å²) in [5, 5.41) is 1.30. The maximum atomic E-state index is 11.6. The summed E-state index contributed by atoms with van der Waals surface area (Å²) in [7, 11) is 3.16. The zero-order valence-corrected chi connectivity index (χ0v) is 10.8. The van der Waals surface area contributed by atoms with Crippen molar-refractivity contribution in [2.45, 2.75) is 19.3 Å². The van der Waals surface area contributed by atoms with Crippen molar-refractivity contribution < 1.29 is 14.4 Å². The molecule has 0 unspecified atom stereocenters. The molecule has 1 atom stereocenters. The van der Waals surface area contributed by atoms with E-state index in [4.69, 9.17) is 9.57 Å². The number of carbonyl (C=O) groups excluding carboxylic acids is 1. The lowest BCUT2D eigenvalue weighted by molar-refractivity contribution is -0.168. The first kappa shape index (κ1) is 12.8. The number of amides is 1. The summed E-state index contributed by atoms with van der Waals surface area (Å²) in [4.78, 5) is 18.8. The predicted octanol–water partition coefficient (Wildman–Crippen LogP) is 0.509. The van der Waals surface area contributed by atoms with Crippen LogP contribution < -0.4 is 0 Å². The molecule has 0 saturated carbocycles. The van der Waals surface area contributed by atoms with Gasteiger partial charge in [0.15, 0.2) is 0 Å². The minimum atomic E-state index is 0.0381. The van der Waals surface area contributed by atoms with Crippen LogP contribution in [0.2, 0.25) is 0 Å². The number of hydroxylamine groups is 2. The fourth-order valence-corrected chi connectivity index (χ4v) is 2.70. The molecule has 1 spiro atoms. The number of hydrogen-bond donors (Lipinski definition) is 0. The monoisotopic (exact) mass is 242 g/mol. The van der Waals surface area contributed by atoms with Crippen molar-refractivity contribution in [2.75, 3.05) is 47.0 Å². The van der Waals surface area contributed by atoms with Gasteiger partial charge in [-0.2, -0.15) is 0 Å². The molecule has 2 aliphatic rings. The van der Waals surface area contributed by atoms with E-state index in [1.807, 2.05) is 0 Å². The summed E-state index contributed by atoms with van der Waals surface area (Å²) in [5.41, 5.74) is 0.385. The Morgan fingerprint density at radius 1 is 1.53 bits per heavy atom. The molecular weight excluding hydrogens is 220 g/mol. The average Bonchev–Trinajstić information content (AvgIpc) is 2.96. The molecule has 2 aliphatic heterocycles. The van der Waals surface area contributed by atoms with E-state index in [2.05, 4.69) is 4.90 Å². The van der Waals surface area contributed by atoms with Gasteiger partial charge in [-0.05, 0) is 19.4 Å². The second-order valence-electron chi connectivity index (χ2n) is 5.15. The van der Waals surface area contributed by atoms with Gasteiger partial charge in [-0.25, -0.2) is 5.06 Å². The molecule has 0 bridgehead atoms. The van der Waals surface area contributed by atoms with Crippen molar-refractivity contribution >= 4 is 5.91 Å². The topological polar surface area (TPSA) is 42.0 Å². The molecule has 1 amide bonds. The van der Waals surface area contributed by atoms with E-state index in [9.17, 15) is 4.79 Å². The number of ether oxygens (including phenoxy) is 1. The summed E-state index contributed by atoms with van der Waals surface area (Å²) in [6.07, 6.45) is 2.91. The van der Waals surface area contributed by atoms with Crippen LogP contribution in [0, 0.1) is 5.41 Å². The highest BCUT2D eigenvalue weighted by Gasteiger charge is 2.40. The third kappa shape index (κ3) is 2.97. The van der Waals surface area contributed by atoms with E-state index >= 15 is 0 Å². The Bertz CT molecular complexity index is 277. The second-order valence-corrected chi connectivity index (χ2v) is 5.15. The van der Waals surface area contributed by atoms with E-state index in [1.54, 1.807) is 7.05 Å².